The molecule has 0 aliphatic rings. The summed E-state index contributed by atoms with van der Waals surface area (Å²) in [5.74, 6) is 0.144. The van der Waals surface area contributed by atoms with Gasteiger partial charge in [-0.25, -0.2) is 4.79 Å². The largest absolute Gasteiger partial charge is 0.489 e. The van der Waals surface area contributed by atoms with Crippen molar-refractivity contribution in [3.63, 3.8) is 0 Å². The summed E-state index contributed by atoms with van der Waals surface area (Å²) in [5.41, 5.74) is 2.11. The van der Waals surface area contributed by atoms with Gasteiger partial charge in [0.15, 0.2) is 0 Å². The van der Waals surface area contributed by atoms with E-state index in [1.54, 1.807) is 25.1 Å². The van der Waals surface area contributed by atoms with E-state index in [0.717, 1.165) is 11.8 Å². The summed E-state index contributed by atoms with van der Waals surface area (Å²) in [7, 11) is -3.49. The molecule has 7 heteroatoms. The van der Waals surface area contributed by atoms with Gasteiger partial charge in [0.05, 0.1) is 25.0 Å². The SMILES string of the molecule is CCOC(=O)c1cccc(OCc2ccccc2)c1CCCOS(C)(=O)=O. The number of ether oxygens (including phenoxy) is 2. The molecule has 6 nitrogen and oxygen atoms in total. The topological polar surface area (TPSA) is 78.9 Å². The molecule has 0 radical (unpaired) electrons. The highest BCUT2D eigenvalue weighted by molar-refractivity contribution is 7.85. The minimum Gasteiger partial charge on any atom is -0.489 e. The van der Waals surface area contributed by atoms with Gasteiger partial charge in [-0.3, -0.25) is 4.18 Å². The van der Waals surface area contributed by atoms with E-state index in [1.165, 1.54) is 0 Å². The zero-order valence-electron chi connectivity index (χ0n) is 15.5. The fourth-order valence-corrected chi connectivity index (χ4v) is 2.97. The Hall–Kier alpha value is -2.38. The first kappa shape index (κ1) is 20.9. The van der Waals surface area contributed by atoms with Gasteiger partial charge in [-0.1, -0.05) is 36.4 Å². The zero-order valence-corrected chi connectivity index (χ0v) is 16.3. The molecule has 0 aromatic heterocycles. The average molecular weight is 392 g/mol. The monoisotopic (exact) mass is 392 g/mol. The Morgan fingerprint density at radius 3 is 2.44 bits per heavy atom. The Morgan fingerprint density at radius 1 is 1.04 bits per heavy atom. The molecule has 0 bridgehead atoms. The van der Waals surface area contributed by atoms with E-state index in [0.29, 0.717) is 36.3 Å². The number of hydrogen-bond donors (Lipinski definition) is 0. The van der Waals surface area contributed by atoms with E-state index in [9.17, 15) is 13.2 Å². The molecule has 2 aromatic carbocycles. The Bertz CT molecular complexity index is 846. The van der Waals surface area contributed by atoms with E-state index >= 15 is 0 Å². The van der Waals surface area contributed by atoms with Gasteiger partial charge in [0.2, 0.25) is 0 Å². The third-order valence-electron chi connectivity index (χ3n) is 3.73. The molecule has 0 saturated carbocycles. The fraction of sp³-hybridized carbons (Fsp3) is 0.350. The molecule has 2 rings (SSSR count). The summed E-state index contributed by atoms with van der Waals surface area (Å²) in [5, 5.41) is 0. The molecule has 2 aromatic rings. The fourth-order valence-electron chi connectivity index (χ4n) is 2.55. The van der Waals surface area contributed by atoms with Crippen molar-refractivity contribution in [2.75, 3.05) is 19.5 Å². The van der Waals surface area contributed by atoms with Crippen LogP contribution in [0.15, 0.2) is 48.5 Å². The second-order valence-corrected chi connectivity index (χ2v) is 7.55. The van der Waals surface area contributed by atoms with Crippen LogP contribution in [0.4, 0.5) is 0 Å². The van der Waals surface area contributed by atoms with Crippen LogP contribution in [0.1, 0.15) is 34.8 Å². The maximum absolute atomic E-state index is 12.3. The van der Waals surface area contributed by atoms with Crippen molar-refractivity contribution in [2.45, 2.75) is 26.4 Å². The number of rotatable bonds is 10. The van der Waals surface area contributed by atoms with Gasteiger partial charge in [0.25, 0.3) is 10.1 Å². The molecule has 0 heterocycles. The second kappa shape index (κ2) is 10.1. The van der Waals surface area contributed by atoms with Crippen LogP contribution in [0, 0.1) is 0 Å². The van der Waals surface area contributed by atoms with Gasteiger partial charge in [0, 0.05) is 5.56 Å². The molecule has 0 N–H and O–H groups in total. The molecule has 0 spiro atoms. The van der Waals surface area contributed by atoms with Crippen molar-refractivity contribution >= 4 is 16.1 Å². The molecule has 0 unspecified atom stereocenters. The Morgan fingerprint density at radius 2 is 1.78 bits per heavy atom. The number of esters is 1. The quantitative estimate of drug-likeness (QED) is 0.350. The maximum Gasteiger partial charge on any atom is 0.338 e. The third-order valence-corrected chi connectivity index (χ3v) is 4.33. The molecule has 0 amide bonds. The molecular weight excluding hydrogens is 368 g/mol. The molecule has 0 aliphatic heterocycles. The molecule has 0 fully saturated rings. The van der Waals surface area contributed by atoms with Gasteiger partial charge in [-0.05, 0) is 37.5 Å². The normalized spacial score (nSPS) is 11.2. The first-order valence-electron chi connectivity index (χ1n) is 8.71. The van der Waals surface area contributed by atoms with Crippen molar-refractivity contribution in [1.29, 1.82) is 0 Å². The molecule has 146 valence electrons. The lowest BCUT2D eigenvalue weighted by Crippen LogP contribution is -2.11. The molecular formula is C20H24O6S. The standard InChI is InChI=1S/C20H24O6S/c1-3-24-20(21)18-11-7-13-19(25-15-16-9-5-4-6-10-16)17(18)12-8-14-26-27(2,22)23/h4-7,9-11,13H,3,8,12,14-15H2,1-2H3. The van der Waals surface area contributed by atoms with Crippen LogP contribution in [0.3, 0.4) is 0 Å². The van der Waals surface area contributed by atoms with Crippen molar-refractivity contribution in [2.24, 2.45) is 0 Å². The maximum atomic E-state index is 12.3. The minimum absolute atomic E-state index is 0.0358. The van der Waals surface area contributed by atoms with E-state index in [1.807, 2.05) is 30.3 Å². The lowest BCUT2D eigenvalue weighted by molar-refractivity contribution is 0.0524. The van der Waals surface area contributed by atoms with Crippen LogP contribution >= 0.6 is 0 Å². The molecule has 27 heavy (non-hydrogen) atoms. The summed E-state index contributed by atoms with van der Waals surface area (Å²) in [6.45, 7) is 2.41. The third kappa shape index (κ3) is 7.03. The Balaban J connectivity index is 2.17. The molecule has 0 saturated heterocycles. The molecule has 0 aliphatic carbocycles. The Labute approximate surface area is 160 Å². The zero-order chi connectivity index (χ0) is 19.7. The van der Waals surface area contributed by atoms with Gasteiger partial charge >= 0.3 is 5.97 Å². The number of hydrogen-bond acceptors (Lipinski definition) is 6. The number of carbonyl (C=O) groups is 1. The summed E-state index contributed by atoms with van der Waals surface area (Å²) in [6.07, 6.45) is 1.85. The molecule has 0 atom stereocenters. The van der Waals surface area contributed by atoms with Crippen molar-refractivity contribution < 1.29 is 26.9 Å². The lowest BCUT2D eigenvalue weighted by Gasteiger charge is -2.15. The summed E-state index contributed by atoms with van der Waals surface area (Å²) >= 11 is 0. The van der Waals surface area contributed by atoms with E-state index in [-0.39, 0.29) is 13.2 Å². The predicted octanol–water partition coefficient (Wildman–Crippen LogP) is 3.35. The van der Waals surface area contributed by atoms with Crippen molar-refractivity contribution in [1.82, 2.24) is 0 Å². The average Bonchev–Trinajstić information content (AvgIpc) is 2.64. The first-order chi connectivity index (χ1) is 12.9. The van der Waals surface area contributed by atoms with Crippen LogP contribution in [-0.4, -0.2) is 33.9 Å². The summed E-state index contributed by atoms with van der Waals surface area (Å²) in [6, 6.07) is 14.9. The van der Waals surface area contributed by atoms with Crippen LogP contribution in [0.5, 0.6) is 5.75 Å². The van der Waals surface area contributed by atoms with Gasteiger partial charge in [-0.2, -0.15) is 8.42 Å². The van der Waals surface area contributed by atoms with Crippen molar-refractivity contribution in [3.8, 4) is 5.75 Å². The van der Waals surface area contributed by atoms with Crippen LogP contribution < -0.4 is 4.74 Å². The van der Waals surface area contributed by atoms with E-state index in [4.69, 9.17) is 13.7 Å². The Kier molecular flexibility index (Phi) is 7.82. The predicted molar refractivity (Wildman–Crippen MR) is 102 cm³/mol. The van der Waals surface area contributed by atoms with Gasteiger partial charge in [0.1, 0.15) is 12.4 Å². The first-order valence-corrected chi connectivity index (χ1v) is 10.5. The lowest BCUT2D eigenvalue weighted by atomic mass is 10.0. The van der Waals surface area contributed by atoms with Crippen LogP contribution in [0.2, 0.25) is 0 Å². The van der Waals surface area contributed by atoms with Gasteiger partial charge in [-0.15, -0.1) is 0 Å². The van der Waals surface area contributed by atoms with Gasteiger partial charge < -0.3 is 9.47 Å². The van der Waals surface area contributed by atoms with Crippen molar-refractivity contribution in [3.05, 3.63) is 65.2 Å². The number of benzene rings is 2. The van der Waals surface area contributed by atoms with Crippen LogP contribution in [0.25, 0.3) is 0 Å². The minimum atomic E-state index is -3.49. The highest BCUT2D eigenvalue weighted by atomic mass is 32.2. The highest BCUT2D eigenvalue weighted by Crippen LogP contribution is 2.26. The second-order valence-electron chi connectivity index (χ2n) is 5.91. The van der Waals surface area contributed by atoms with E-state index in [2.05, 4.69) is 0 Å². The summed E-state index contributed by atoms with van der Waals surface area (Å²) in [4.78, 5) is 12.3. The summed E-state index contributed by atoms with van der Waals surface area (Å²) < 4.78 is 38.0. The smallest absolute Gasteiger partial charge is 0.338 e. The highest BCUT2D eigenvalue weighted by Gasteiger charge is 2.17. The van der Waals surface area contributed by atoms with E-state index < -0.39 is 16.1 Å². The van der Waals surface area contributed by atoms with Crippen LogP contribution in [-0.2, 0) is 32.1 Å². The number of carbonyl (C=O) groups excluding carboxylic acids is 1.